The predicted molar refractivity (Wildman–Crippen MR) is 195 cm³/mol. The number of fused-ring (bicyclic) bond motifs is 1. The number of halogens is 1. The quantitative estimate of drug-likeness (QED) is 0.143. The second kappa shape index (κ2) is 15.9. The van der Waals surface area contributed by atoms with E-state index in [0.29, 0.717) is 54.6 Å². The van der Waals surface area contributed by atoms with Crippen LogP contribution in [0.5, 0.6) is 0 Å². The summed E-state index contributed by atoms with van der Waals surface area (Å²) in [6, 6.07) is 23.6. The summed E-state index contributed by atoms with van der Waals surface area (Å²) >= 11 is 6.90. The second-order valence-corrected chi connectivity index (χ2v) is 13.4. The molecule has 50 heavy (non-hydrogen) atoms. The first-order chi connectivity index (χ1) is 24.3. The van der Waals surface area contributed by atoms with Crippen molar-refractivity contribution >= 4 is 23.4 Å². The van der Waals surface area contributed by atoms with Crippen molar-refractivity contribution in [2.24, 2.45) is 7.05 Å². The minimum Gasteiger partial charge on any atom is -0.394 e. The molecular weight excluding hydrogens is 648 g/mol. The summed E-state index contributed by atoms with van der Waals surface area (Å²) in [6.45, 7) is 6.40. The molecule has 1 aliphatic rings. The average molecular weight is 694 g/mol. The number of carbonyl (C=O) groups excluding carboxylic acids is 2. The van der Waals surface area contributed by atoms with Gasteiger partial charge in [-0.1, -0.05) is 97.6 Å². The standard InChI is InChI=1S/C40H46ClN6O3/c1-4-6-19-44(20-7-5-2)39(49)36-27-47(43(3)38(36)41)37-18-17-31(33-23-42-45(25-33)24-29-13-9-8-10-14-29)22-35(37)40(50)46-26-32-16-12-11-15-30(32)21-34(46)28-48/h8-18,22-23,25,27,34,48H,4-7,19-21,24,26,28H2,1-3H3/q+1/t34-/m0/s1. The smallest absolute Gasteiger partial charge is 0.263 e. The van der Waals surface area contributed by atoms with E-state index in [9.17, 15) is 14.7 Å². The van der Waals surface area contributed by atoms with Crippen molar-refractivity contribution in [3.05, 3.63) is 124 Å². The van der Waals surface area contributed by atoms with Gasteiger partial charge in [-0.2, -0.15) is 5.10 Å². The molecule has 260 valence electrons. The third-order valence-corrected chi connectivity index (χ3v) is 10.1. The third-order valence-electron chi connectivity index (χ3n) is 9.62. The molecule has 5 aromatic rings. The molecule has 0 unspecified atom stereocenters. The molecule has 2 aromatic heterocycles. The SMILES string of the molecule is CCCCN(CCCC)C(=O)c1c[n+](-c2ccc(-c3cnn(Cc4ccccc4)c3)cc2C(=O)N2Cc3ccccc3C[C@H]2CO)n(C)c1Cl. The summed E-state index contributed by atoms with van der Waals surface area (Å²) in [5, 5.41) is 15.4. The van der Waals surface area contributed by atoms with E-state index >= 15 is 0 Å². The largest absolute Gasteiger partial charge is 0.394 e. The van der Waals surface area contributed by atoms with Crippen molar-refractivity contribution < 1.29 is 19.4 Å². The number of aliphatic hydroxyl groups excluding tert-OH is 1. The zero-order valence-electron chi connectivity index (χ0n) is 29.1. The van der Waals surface area contributed by atoms with Crippen LogP contribution in [0.15, 0.2) is 91.4 Å². The molecule has 3 heterocycles. The lowest BCUT2D eigenvalue weighted by molar-refractivity contribution is -0.682. The minimum absolute atomic E-state index is 0.116. The highest BCUT2D eigenvalue weighted by molar-refractivity contribution is 6.32. The number of hydrogen-bond acceptors (Lipinski definition) is 4. The molecule has 0 saturated heterocycles. The number of benzene rings is 3. The van der Waals surface area contributed by atoms with Crippen molar-refractivity contribution in [2.45, 2.75) is 65.1 Å². The first-order valence-corrected chi connectivity index (χ1v) is 18.0. The number of aromatic nitrogens is 4. The van der Waals surface area contributed by atoms with E-state index in [-0.39, 0.29) is 24.5 Å². The molecule has 0 bridgehead atoms. The number of hydrogen-bond donors (Lipinski definition) is 1. The van der Waals surface area contributed by atoms with Crippen molar-refractivity contribution in [3.63, 3.8) is 0 Å². The van der Waals surface area contributed by atoms with Crippen LogP contribution in [0.4, 0.5) is 0 Å². The summed E-state index contributed by atoms with van der Waals surface area (Å²) in [5.74, 6) is -0.327. The highest BCUT2D eigenvalue weighted by atomic mass is 35.5. The van der Waals surface area contributed by atoms with Crippen LogP contribution in [0, 0.1) is 0 Å². The van der Waals surface area contributed by atoms with E-state index in [4.69, 9.17) is 11.6 Å². The van der Waals surface area contributed by atoms with Gasteiger partial charge in [-0.3, -0.25) is 14.3 Å². The van der Waals surface area contributed by atoms with E-state index in [1.54, 1.807) is 27.5 Å². The van der Waals surface area contributed by atoms with Gasteiger partial charge in [-0.05, 0) is 53.6 Å². The van der Waals surface area contributed by atoms with Gasteiger partial charge in [0.2, 0.25) is 11.9 Å². The van der Waals surface area contributed by atoms with Gasteiger partial charge in [0.25, 0.3) is 11.8 Å². The number of rotatable bonds is 13. The van der Waals surface area contributed by atoms with Gasteiger partial charge >= 0.3 is 0 Å². The van der Waals surface area contributed by atoms with Gasteiger partial charge in [-0.15, -0.1) is 4.68 Å². The van der Waals surface area contributed by atoms with Crippen LogP contribution in [0.3, 0.4) is 0 Å². The van der Waals surface area contributed by atoms with Crippen LogP contribution >= 0.6 is 11.6 Å². The Labute approximate surface area is 299 Å². The van der Waals surface area contributed by atoms with Crippen LogP contribution in [-0.4, -0.2) is 66.9 Å². The number of carbonyl (C=O) groups is 2. The Kier molecular flexibility index (Phi) is 11.1. The highest BCUT2D eigenvalue weighted by Gasteiger charge is 2.35. The molecule has 1 aliphatic heterocycles. The van der Waals surface area contributed by atoms with Crippen molar-refractivity contribution in [1.82, 2.24) is 24.3 Å². The summed E-state index contributed by atoms with van der Waals surface area (Å²) < 4.78 is 5.39. The van der Waals surface area contributed by atoms with Crippen molar-refractivity contribution in [3.8, 4) is 16.8 Å². The lowest BCUT2D eigenvalue weighted by Crippen LogP contribution is -2.48. The van der Waals surface area contributed by atoms with E-state index in [1.165, 1.54) is 0 Å². The molecule has 0 fully saturated rings. The fourth-order valence-electron chi connectivity index (χ4n) is 6.69. The number of amides is 2. The summed E-state index contributed by atoms with van der Waals surface area (Å²) in [5.41, 5.74) is 6.46. The number of nitrogens with zero attached hydrogens (tertiary/aromatic N) is 6. The summed E-state index contributed by atoms with van der Waals surface area (Å²) in [6.07, 6.45) is 9.88. The first kappa shape index (κ1) is 35.1. The Morgan fingerprint density at radius 1 is 0.940 bits per heavy atom. The molecule has 9 nitrogen and oxygen atoms in total. The average Bonchev–Trinajstić information content (AvgIpc) is 3.74. The Morgan fingerprint density at radius 3 is 2.34 bits per heavy atom. The number of unbranched alkanes of at least 4 members (excludes halogenated alkanes) is 2. The molecule has 0 aliphatic carbocycles. The summed E-state index contributed by atoms with van der Waals surface area (Å²) in [7, 11) is 1.80. The lowest BCUT2D eigenvalue weighted by atomic mass is 9.93. The Balaban J connectivity index is 1.41. The van der Waals surface area contributed by atoms with E-state index in [1.807, 2.05) is 76.6 Å². The maximum Gasteiger partial charge on any atom is 0.263 e. The van der Waals surface area contributed by atoms with Crippen LogP contribution in [0.25, 0.3) is 16.8 Å². The van der Waals surface area contributed by atoms with Crippen LogP contribution in [0.2, 0.25) is 5.15 Å². The van der Waals surface area contributed by atoms with Gasteiger partial charge in [0.15, 0.2) is 5.15 Å². The van der Waals surface area contributed by atoms with Crippen molar-refractivity contribution in [1.29, 1.82) is 0 Å². The molecule has 0 saturated carbocycles. The molecule has 3 aromatic carbocycles. The summed E-state index contributed by atoms with van der Waals surface area (Å²) in [4.78, 5) is 32.3. The monoisotopic (exact) mass is 693 g/mol. The molecule has 2 amide bonds. The maximum absolute atomic E-state index is 14.7. The number of aliphatic hydroxyl groups is 1. The van der Waals surface area contributed by atoms with E-state index in [2.05, 4.69) is 37.1 Å². The van der Waals surface area contributed by atoms with Gasteiger partial charge in [-0.25, -0.2) is 0 Å². The van der Waals surface area contributed by atoms with Gasteiger partial charge in [0.1, 0.15) is 11.1 Å². The van der Waals surface area contributed by atoms with E-state index < -0.39 is 0 Å². The molecule has 1 N–H and O–H groups in total. The Bertz CT molecular complexity index is 1940. The van der Waals surface area contributed by atoms with Crippen LogP contribution in [-0.2, 0) is 26.6 Å². The molecule has 0 spiro atoms. The fraction of sp³-hybridized carbons (Fsp3) is 0.350. The topological polar surface area (TPSA) is 87.5 Å². The molecule has 10 heteroatoms. The molecule has 1 atom stereocenters. The zero-order valence-corrected chi connectivity index (χ0v) is 29.9. The van der Waals surface area contributed by atoms with Crippen molar-refractivity contribution in [2.75, 3.05) is 19.7 Å². The second-order valence-electron chi connectivity index (χ2n) is 13.1. The minimum atomic E-state index is -0.382. The lowest BCUT2D eigenvalue weighted by Gasteiger charge is -2.36. The van der Waals surface area contributed by atoms with E-state index in [0.717, 1.165) is 53.5 Å². The highest BCUT2D eigenvalue weighted by Crippen LogP contribution is 2.29. The Morgan fingerprint density at radius 2 is 1.64 bits per heavy atom. The third kappa shape index (κ3) is 7.39. The van der Waals surface area contributed by atoms with Gasteiger partial charge in [0, 0.05) is 37.5 Å². The van der Waals surface area contributed by atoms with Gasteiger partial charge < -0.3 is 14.9 Å². The normalized spacial score (nSPS) is 14.1. The first-order valence-electron chi connectivity index (χ1n) is 17.6. The fourth-order valence-corrected chi connectivity index (χ4v) is 6.90. The van der Waals surface area contributed by atoms with Gasteiger partial charge in [0.05, 0.1) is 32.4 Å². The van der Waals surface area contributed by atoms with Crippen LogP contribution < -0.4 is 4.68 Å². The zero-order chi connectivity index (χ0) is 35.2. The Hall–Kier alpha value is -4.73. The molecular formula is C40H46ClN6O3+. The molecule has 0 radical (unpaired) electrons. The predicted octanol–water partition coefficient (Wildman–Crippen LogP) is 6.47. The molecule has 6 rings (SSSR count). The van der Waals surface area contributed by atoms with Crippen LogP contribution in [0.1, 0.15) is 76.9 Å². The maximum atomic E-state index is 14.7.